The first kappa shape index (κ1) is 52.7. The molecule has 1 saturated carbocycles. The Kier molecular flexibility index (Phi) is 15.3. The second-order valence-corrected chi connectivity index (χ2v) is 22.3. The number of aliphatic hydroxyl groups excluding tert-OH is 1. The number of nitrogens with zero attached hydrogens (tertiary/aromatic N) is 10. The quantitative estimate of drug-likeness (QED) is 0.0726. The van der Waals surface area contributed by atoms with Gasteiger partial charge in [-0.25, -0.2) is 4.98 Å². The zero-order chi connectivity index (χ0) is 54.2. The lowest BCUT2D eigenvalue weighted by Crippen LogP contribution is -2.54. The smallest absolute Gasteiger partial charge is 0.254 e. The molecule has 2 amide bonds. The van der Waals surface area contributed by atoms with Crippen molar-refractivity contribution >= 4 is 29.0 Å². The Hall–Kier alpha value is -7.29. The zero-order valence-corrected chi connectivity index (χ0v) is 45.1. The number of nitrogen functional groups attached to an aromatic ring is 1. The largest absolute Gasteiger partial charge is 0.507 e. The van der Waals surface area contributed by atoms with Crippen LogP contribution in [0, 0.1) is 12.8 Å². The molecule has 5 N–H and O–H groups in total. The van der Waals surface area contributed by atoms with Gasteiger partial charge in [0.2, 0.25) is 17.7 Å². The first-order valence-corrected chi connectivity index (χ1v) is 27.7. The first-order valence-electron chi connectivity index (χ1n) is 27.7. The number of ether oxygens (including phenoxy) is 3. The number of rotatable bonds is 18. The number of piperazine rings is 1. The van der Waals surface area contributed by atoms with Crippen molar-refractivity contribution in [3.8, 4) is 40.0 Å². The van der Waals surface area contributed by atoms with E-state index in [1.165, 1.54) is 4.90 Å². The third-order valence-electron chi connectivity index (χ3n) is 16.5. The number of nitrogens with one attached hydrogen (secondary N) is 1. The molecule has 0 spiro atoms. The third kappa shape index (κ3) is 11.2. The van der Waals surface area contributed by atoms with Gasteiger partial charge in [0.15, 0.2) is 11.6 Å². The number of phenols is 1. The van der Waals surface area contributed by atoms with E-state index in [4.69, 9.17) is 24.5 Å². The molecule has 1 aliphatic carbocycles. The van der Waals surface area contributed by atoms with Gasteiger partial charge in [-0.2, -0.15) is 5.10 Å². The number of carbonyl (C=O) groups excluding carboxylic acids is 2. The van der Waals surface area contributed by atoms with Crippen molar-refractivity contribution in [1.29, 1.82) is 0 Å². The van der Waals surface area contributed by atoms with Gasteiger partial charge in [0.05, 0.1) is 47.6 Å². The van der Waals surface area contributed by atoms with Gasteiger partial charge in [-0.15, -0.1) is 10.2 Å². The summed E-state index contributed by atoms with van der Waals surface area (Å²) in [4.78, 5) is 41.3. The number of likely N-dealkylation sites (tertiary alicyclic amines) is 2. The molecule has 2 bridgehead atoms. The van der Waals surface area contributed by atoms with E-state index in [1.807, 2.05) is 94.3 Å². The fraction of sp³-hybridized carbons (Fsp3) is 0.500. The van der Waals surface area contributed by atoms with E-state index in [-0.39, 0.29) is 72.9 Å². The number of β-amino-alcohol motifs (C(OH)–C–C–N with tert-alkyl or cyclic N) is 1. The van der Waals surface area contributed by atoms with E-state index in [2.05, 4.69) is 57.6 Å². The number of amides is 2. The fourth-order valence-corrected chi connectivity index (χ4v) is 12.3. The standard InChI is InChI=1S/C58H72N12O8/c1-34(2)54(58(74)69-33-42(71)25-49(69)57(73)62-36(4)37-10-12-38(13-11-37)55-35(3)30-61-66(55)5)51-29-53(65-78-51)75-23-22-67-20-17-43(18-21-67)76-44-26-45(27-44)77-52-24-39(16-19-60-52)70-40-14-15-41(70)32-68(31-40)48-28-47(63-64-56(48)59)46-8-6-7-9-50(46)72/h6-13,16,19,24,28-30,34,36,40-45,49,54,71-72H,14-15,17-18,20-23,25-27,31-33H2,1-5H3,(H2,59,64)(H,62,73)/t36-,40?,41?,42+,44?,45?,49-,54-/m0/s1. The summed E-state index contributed by atoms with van der Waals surface area (Å²) in [5, 5.41) is 41.4. The maximum absolute atomic E-state index is 14.3. The van der Waals surface area contributed by atoms with Crippen molar-refractivity contribution in [3.63, 3.8) is 0 Å². The molecule has 2 aromatic carbocycles. The van der Waals surface area contributed by atoms with Crippen LogP contribution in [0.2, 0.25) is 0 Å². The number of aromatic nitrogens is 6. The average molecular weight is 1070 g/mol. The lowest BCUT2D eigenvalue weighted by molar-refractivity contribution is -0.141. The number of carbonyl (C=O) groups is 2. The number of aliphatic hydroxyl groups is 1. The first-order chi connectivity index (χ1) is 37.7. The summed E-state index contributed by atoms with van der Waals surface area (Å²) in [5.41, 5.74) is 13.6. The highest BCUT2D eigenvalue weighted by molar-refractivity contribution is 5.91. The van der Waals surface area contributed by atoms with Crippen LogP contribution in [0.15, 0.2) is 89.7 Å². The minimum Gasteiger partial charge on any atom is -0.507 e. The van der Waals surface area contributed by atoms with E-state index in [0.29, 0.717) is 47.7 Å². The molecule has 4 saturated heterocycles. The van der Waals surface area contributed by atoms with E-state index in [9.17, 15) is 19.8 Å². The van der Waals surface area contributed by atoms with Gasteiger partial charge in [0.1, 0.15) is 30.4 Å². The average Bonchev–Trinajstić information content (AvgIpc) is 4.29. The van der Waals surface area contributed by atoms with Crippen LogP contribution in [0.5, 0.6) is 17.5 Å². The molecule has 6 aromatic rings. The van der Waals surface area contributed by atoms with Crippen molar-refractivity contribution in [2.75, 3.05) is 61.4 Å². The Morgan fingerprint density at radius 2 is 1.64 bits per heavy atom. The molecular formula is C58H72N12O8. The Labute approximate surface area is 454 Å². The number of piperidine rings is 1. The molecule has 8 heterocycles. The highest BCUT2D eigenvalue weighted by atomic mass is 16.5. The van der Waals surface area contributed by atoms with E-state index in [1.54, 1.807) is 18.2 Å². The number of aromatic hydroxyl groups is 1. The number of hydrogen-bond acceptors (Lipinski definition) is 17. The molecule has 412 valence electrons. The van der Waals surface area contributed by atoms with Crippen molar-refractivity contribution in [2.45, 2.75) is 127 Å². The second kappa shape index (κ2) is 22.6. The Morgan fingerprint density at radius 1 is 0.885 bits per heavy atom. The van der Waals surface area contributed by atoms with Crippen molar-refractivity contribution < 1.29 is 38.5 Å². The van der Waals surface area contributed by atoms with Crippen molar-refractivity contribution in [1.82, 2.24) is 45.2 Å². The van der Waals surface area contributed by atoms with Crippen LogP contribution in [0.3, 0.4) is 0 Å². The predicted octanol–water partition coefficient (Wildman–Crippen LogP) is 6.43. The summed E-state index contributed by atoms with van der Waals surface area (Å²) in [6.07, 6.45) is 9.04. The molecule has 0 radical (unpaired) electrons. The van der Waals surface area contributed by atoms with Crippen LogP contribution in [0.4, 0.5) is 17.2 Å². The van der Waals surface area contributed by atoms with Gasteiger partial charge >= 0.3 is 0 Å². The van der Waals surface area contributed by atoms with E-state index in [0.717, 1.165) is 98.5 Å². The van der Waals surface area contributed by atoms with Crippen LogP contribution in [0.1, 0.15) is 94.6 Å². The van der Waals surface area contributed by atoms with Gasteiger partial charge in [0, 0.05) is 113 Å². The van der Waals surface area contributed by atoms with Crippen LogP contribution in [-0.2, 0) is 21.4 Å². The highest BCUT2D eigenvalue weighted by Crippen LogP contribution is 2.41. The topological polar surface area (TPSA) is 236 Å². The predicted molar refractivity (Wildman–Crippen MR) is 293 cm³/mol. The molecule has 2 unspecified atom stereocenters. The number of nitrogens with two attached hydrogens (primary N) is 1. The zero-order valence-electron chi connectivity index (χ0n) is 45.1. The van der Waals surface area contributed by atoms with E-state index >= 15 is 0 Å². The third-order valence-corrected chi connectivity index (χ3v) is 16.5. The molecule has 11 rings (SSSR count). The number of hydrogen-bond donors (Lipinski definition) is 4. The maximum atomic E-state index is 14.3. The van der Waals surface area contributed by atoms with Gasteiger partial charge in [-0.1, -0.05) is 50.2 Å². The summed E-state index contributed by atoms with van der Waals surface area (Å²) in [6.45, 7) is 12.3. The van der Waals surface area contributed by atoms with E-state index < -0.39 is 18.1 Å². The normalized spacial score (nSPS) is 23.3. The molecule has 78 heavy (non-hydrogen) atoms. The Balaban J connectivity index is 0.602. The highest BCUT2D eigenvalue weighted by Gasteiger charge is 2.45. The van der Waals surface area contributed by atoms with Gasteiger partial charge in [0.25, 0.3) is 5.88 Å². The summed E-state index contributed by atoms with van der Waals surface area (Å²) in [6, 6.07) is 22.3. The van der Waals surface area contributed by atoms with Gasteiger partial charge < -0.3 is 54.7 Å². The summed E-state index contributed by atoms with van der Waals surface area (Å²) in [5.74, 6) is 0.316. The Bertz CT molecular complexity index is 3030. The number of anilines is 3. The van der Waals surface area contributed by atoms with Crippen LogP contribution < -0.4 is 30.3 Å². The molecule has 20 nitrogen and oxygen atoms in total. The SMILES string of the molecule is Cc1cnn(C)c1-c1ccc([C@H](C)NC(=O)[C@@H]2C[C@@H](O)CN2C(=O)[C@H](c2cc(OCCN3CCC(OC4CC(Oc5cc(N6C7CCC6CN(c6cc(-c8ccccc8O)nnc6N)C7)ccn5)C4)CC3)no2)C(C)C)cc1. The number of benzene rings is 2. The number of aryl methyl sites for hydroxylation is 2. The van der Waals surface area contributed by atoms with Crippen LogP contribution >= 0.6 is 0 Å². The molecule has 4 aromatic heterocycles. The monoisotopic (exact) mass is 1060 g/mol. The minimum absolute atomic E-state index is 0.0487. The van der Waals surface area contributed by atoms with Crippen LogP contribution in [-0.4, -0.2) is 150 Å². The lowest BCUT2D eigenvalue weighted by Gasteiger charge is -2.43. The fourth-order valence-electron chi connectivity index (χ4n) is 12.3. The summed E-state index contributed by atoms with van der Waals surface area (Å²) >= 11 is 0. The number of fused-ring (bicyclic) bond motifs is 2. The number of phenolic OH excluding ortho intramolecular Hbond substituents is 1. The molecule has 4 aliphatic heterocycles. The molecule has 6 atom stereocenters. The van der Waals surface area contributed by atoms with Gasteiger partial charge in [-0.05, 0) is 86.0 Å². The van der Waals surface area contributed by atoms with Crippen LogP contribution in [0.25, 0.3) is 22.5 Å². The molecule has 5 aliphatic rings. The number of para-hydroxylation sites is 1. The molecular weight excluding hydrogens is 993 g/mol. The minimum atomic E-state index is -0.837. The van der Waals surface area contributed by atoms with Gasteiger partial charge in [-0.3, -0.25) is 19.2 Å². The van der Waals surface area contributed by atoms with Crippen molar-refractivity contribution in [2.24, 2.45) is 13.0 Å². The Morgan fingerprint density at radius 3 is 2.36 bits per heavy atom. The number of pyridine rings is 1. The second-order valence-electron chi connectivity index (χ2n) is 22.3. The maximum Gasteiger partial charge on any atom is 0.254 e. The molecule has 20 heteroatoms. The molecule has 5 fully saturated rings. The van der Waals surface area contributed by atoms with Crippen molar-refractivity contribution in [3.05, 3.63) is 102 Å². The summed E-state index contributed by atoms with van der Waals surface area (Å²) < 4.78 is 26.6. The summed E-state index contributed by atoms with van der Waals surface area (Å²) in [7, 11) is 1.91. The lowest BCUT2D eigenvalue weighted by atomic mass is 9.91.